The molecule has 138 valence electrons. The molecule has 1 heterocycles. The van der Waals surface area contributed by atoms with Gasteiger partial charge < -0.3 is 19.2 Å². The first-order chi connectivity index (χ1) is 13.0. The van der Waals surface area contributed by atoms with Crippen molar-refractivity contribution >= 4 is 40.8 Å². The van der Waals surface area contributed by atoms with Gasteiger partial charge in [0.05, 0.1) is 18.4 Å². The summed E-state index contributed by atoms with van der Waals surface area (Å²) in [6.07, 6.45) is 0. The van der Waals surface area contributed by atoms with Gasteiger partial charge in [-0.3, -0.25) is 4.79 Å². The maximum absolute atomic E-state index is 12.4. The van der Waals surface area contributed by atoms with Crippen molar-refractivity contribution in [3.63, 3.8) is 0 Å². The number of carbonyl (C=O) groups is 2. The fourth-order valence-electron chi connectivity index (χ4n) is 2.26. The number of para-hydroxylation sites is 1. The third kappa shape index (κ3) is 4.61. The fourth-order valence-corrected chi connectivity index (χ4v) is 2.77. The molecule has 27 heavy (non-hydrogen) atoms. The second kappa shape index (κ2) is 8.16. The molecule has 0 fully saturated rings. The number of rotatable bonds is 5. The summed E-state index contributed by atoms with van der Waals surface area (Å²) in [5.74, 6) is -0.667. The van der Waals surface area contributed by atoms with E-state index in [1.54, 1.807) is 42.5 Å². The second-order valence-corrected chi connectivity index (χ2v) is 6.19. The highest BCUT2D eigenvalue weighted by molar-refractivity contribution is 6.34. The van der Waals surface area contributed by atoms with Crippen LogP contribution in [0.3, 0.4) is 0 Å². The monoisotopic (exact) mass is 405 g/mol. The Morgan fingerprint density at radius 2 is 1.70 bits per heavy atom. The number of ether oxygens (including phenoxy) is 2. The Hall–Kier alpha value is -2.96. The lowest BCUT2D eigenvalue weighted by Gasteiger charge is -2.08. The van der Waals surface area contributed by atoms with Gasteiger partial charge in [-0.05, 0) is 36.4 Å². The normalized spacial score (nSPS) is 10.3. The lowest BCUT2D eigenvalue weighted by Crippen LogP contribution is -2.14. The molecule has 3 rings (SSSR count). The fraction of sp³-hybridized carbons (Fsp3) is 0.0526. The first kappa shape index (κ1) is 18.8. The summed E-state index contributed by atoms with van der Waals surface area (Å²) >= 11 is 11.8. The smallest absolute Gasteiger partial charge is 0.339 e. The second-order valence-electron chi connectivity index (χ2n) is 5.32. The Bertz CT molecular complexity index is 979. The first-order valence-corrected chi connectivity index (χ1v) is 8.44. The van der Waals surface area contributed by atoms with Crippen molar-refractivity contribution < 1.29 is 23.5 Å². The van der Waals surface area contributed by atoms with E-state index in [1.807, 2.05) is 0 Å². The number of hydrogen-bond donors (Lipinski definition) is 1. The Morgan fingerprint density at radius 3 is 2.41 bits per heavy atom. The zero-order valence-corrected chi connectivity index (χ0v) is 15.5. The van der Waals surface area contributed by atoms with Crippen LogP contribution in [-0.2, 0) is 4.74 Å². The van der Waals surface area contributed by atoms with E-state index >= 15 is 0 Å². The first-order valence-electron chi connectivity index (χ1n) is 7.69. The number of esters is 1. The van der Waals surface area contributed by atoms with Gasteiger partial charge in [0.25, 0.3) is 11.9 Å². The molecule has 1 amide bonds. The molecule has 0 saturated heterocycles. The van der Waals surface area contributed by atoms with Crippen molar-refractivity contribution in [1.82, 2.24) is 0 Å². The number of anilines is 1. The summed E-state index contributed by atoms with van der Waals surface area (Å²) in [7, 11) is 1.26. The van der Waals surface area contributed by atoms with Gasteiger partial charge >= 0.3 is 5.97 Å². The summed E-state index contributed by atoms with van der Waals surface area (Å²) < 4.78 is 15.6. The zero-order valence-electron chi connectivity index (χ0n) is 14.0. The number of carbonyl (C=O) groups excluding carboxylic acids is 2. The number of nitrogens with one attached hydrogen (secondary N) is 1. The average molecular weight is 406 g/mol. The molecule has 3 aromatic rings. The van der Waals surface area contributed by atoms with E-state index in [4.69, 9.17) is 37.1 Å². The van der Waals surface area contributed by atoms with Crippen LogP contribution in [0.5, 0.6) is 11.7 Å². The minimum atomic E-state index is -0.563. The Balaban J connectivity index is 1.75. The zero-order chi connectivity index (χ0) is 19.4. The van der Waals surface area contributed by atoms with Gasteiger partial charge in [-0.15, -0.1) is 0 Å². The SMILES string of the molecule is COC(=O)c1ccccc1NC(=O)c1ccc(Oc2cc(Cl)cc(Cl)c2)o1. The average Bonchev–Trinajstić information content (AvgIpc) is 3.09. The Morgan fingerprint density at radius 1 is 1.00 bits per heavy atom. The number of benzene rings is 2. The van der Waals surface area contributed by atoms with Crippen LogP contribution in [0, 0.1) is 0 Å². The lowest BCUT2D eigenvalue weighted by atomic mass is 10.2. The molecule has 1 aromatic heterocycles. The van der Waals surface area contributed by atoms with E-state index in [1.165, 1.54) is 19.2 Å². The number of halogens is 2. The molecule has 6 nitrogen and oxygen atoms in total. The Kier molecular flexibility index (Phi) is 5.69. The third-order valence-corrected chi connectivity index (χ3v) is 3.88. The maximum atomic E-state index is 12.4. The van der Waals surface area contributed by atoms with Crippen LogP contribution in [0.15, 0.2) is 59.0 Å². The summed E-state index contributed by atoms with van der Waals surface area (Å²) in [5, 5.41) is 3.41. The maximum Gasteiger partial charge on any atom is 0.339 e. The summed E-state index contributed by atoms with van der Waals surface area (Å²) in [6.45, 7) is 0. The molecular formula is C19H13Cl2NO5. The van der Waals surface area contributed by atoms with Gasteiger partial charge in [0.2, 0.25) is 0 Å². The van der Waals surface area contributed by atoms with E-state index in [2.05, 4.69) is 5.32 Å². The van der Waals surface area contributed by atoms with E-state index < -0.39 is 11.9 Å². The van der Waals surface area contributed by atoms with Crippen molar-refractivity contribution in [2.45, 2.75) is 0 Å². The van der Waals surface area contributed by atoms with Crippen molar-refractivity contribution in [3.05, 3.63) is 76.0 Å². The Labute approximate surface area is 164 Å². The van der Waals surface area contributed by atoms with Crippen LogP contribution in [0.25, 0.3) is 0 Å². The van der Waals surface area contributed by atoms with Crippen LogP contribution < -0.4 is 10.1 Å². The highest BCUT2D eigenvalue weighted by Crippen LogP contribution is 2.29. The number of amides is 1. The molecule has 8 heteroatoms. The van der Waals surface area contributed by atoms with E-state index in [0.717, 1.165) is 0 Å². The van der Waals surface area contributed by atoms with Crippen LogP contribution >= 0.6 is 23.2 Å². The molecule has 2 aromatic carbocycles. The molecule has 0 aliphatic rings. The van der Waals surface area contributed by atoms with Crippen molar-refractivity contribution in [1.29, 1.82) is 0 Å². The van der Waals surface area contributed by atoms with Crippen molar-refractivity contribution in [2.24, 2.45) is 0 Å². The van der Waals surface area contributed by atoms with E-state index in [0.29, 0.717) is 21.5 Å². The predicted octanol–water partition coefficient (Wildman–Crippen LogP) is 5.42. The molecule has 0 bridgehead atoms. The van der Waals surface area contributed by atoms with Crippen LogP contribution in [-0.4, -0.2) is 19.0 Å². The highest BCUT2D eigenvalue weighted by atomic mass is 35.5. The summed E-state index contributed by atoms with van der Waals surface area (Å²) in [4.78, 5) is 24.2. The van der Waals surface area contributed by atoms with Crippen molar-refractivity contribution in [2.75, 3.05) is 12.4 Å². The number of hydrogen-bond acceptors (Lipinski definition) is 5. The van der Waals surface area contributed by atoms with E-state index in [-0.39, 0.29) is 17.3 Å². The molecule has 0 radical (unpaired) electrons. The van der Waals surface area contributed by atoms with Gasteiger partial charge in [-0.1, -0.05) is 35.3 Å². The standard InChI is InChI=1S/C19H13Cl2NO5/c1-25-19(24)14-4-2-3-5-15(14)22-18(23)16-6-7-17(27-16)26-13-9-11(20)8-12(21)10-13/h2-10H,1H3,(H,22,23). The van der Waals surface area contributed by atoms with Crippen LogP contribution in [0.4, 0.5) is 5.69 Å². The van der Waals surface area contributed by atoms with Crippen LogP contribution in [0.1, 0.15) is 20.9 Å². The van der Waals surface area contributed by atoms with Gasteiger partial charge in [0, 0.05) is 16.1 Å². The van der Waals surface area contributed by atoms with Crippen LogP contribution in [0.2, 0.25) is 10.0 Å². The molecule has 0 atom stereocenters. The lowest BCUT2D eigenvalue weighted by molar-refractivity contribution is 0.0602. The molecule has 0 spiro atoms. The predicted molar refractivity (Wildman–Crippen MR) is 101 cm³/mol. The minimum absolute atomic E-state index is 0.00204. The molecular weight excluding hydrogens is 393 g/mol. The van der Waals surface area contributed by atoms with Gasteiger partial charge in [-0.2, -0.15) is 0 Å². The number of furan rings is 1. The molecule has 0 aliphatic carbocycles. The molecule has 1 N–H and O–H groups in total. The molecule has 0 aliphatic heterocycles. The largest absolute Gasteiger partial charge is 0.465 e. The highest BCUT2D eigenvalue weighted by Gasteiger charge is 2.17. The number of methoxy groups -OCH3 is 1. The molecule has 0 unspecified atom stereocenters. The summed E-state index contributed by atoms with van der Waals surface area (Å²) in [5.41, 5.74) is 0.528. The minimum Gasteiger partial charge on any atom is -0.465 e. The quantitative estimate of drug-likeness (QED) is 0.573. The van der Waals surface area contributed by atoms with Gasteiger partial charge in [-0.25, -0.2) is 4.79 Å². The third-order valence-electron chi connectivity index (χ3n) is 3.44. The van der Waals surface area contributed by atoms with E-state index in [9.17, 15) is 9.59 Å². The topological polar surface area (TPSA) is 77.8 Å². The van der Waals surface area contributed by atoms with Gasteiger partial charge in [0.1, 0.15) is 5.75 Å². The molecule has 0 saturated carbocycles. The summed E-state index contributed by atoms with van der Waals surface area (Å²) in [6, 6.07) is 14.1. The van der Waals surface area contributed by atoms with Gasteiger partial charge in [0.15, 0.2) is 5.76 Å². The van der Waals surface area contributed by atoms with Crippen molar-refractivity contribution in [3.8, 4) is 11.7 Å².